The molecule has 0 radical (unpaired) electrons. The van der Waals surface area contributed by atoms with Gasteiger partial charge in [0, 0.05) is 23.2 Å². The molecule has 1 aliphatic rings. The molecule has 0 bridgehead atoms. The van der Waals surface area contributed by atoms with Gasteiger partial charge in [-0.3, -0.25) is 9.59 Å². The number of carbonyl (C=O) groups excluding carboxylic acids is 2. The van der Waals surface area contributed by atoms with Crippen molar-refractivity contribution >= 4 is 27.7 Å². The third kappa shape index (κ3) is 3.19. The normalized spacial score (nSPS) is 12.8. The molecule has 2 amide bonds. The highest BCUT2D eigenvalue weighted by Gasteiger charge is 2.32. The average Bonchev–Trinajstić information content (AvgIpc) is 2.96. The van der Waals surface area contributed by atoms with Crippen LogP contribution in [0.3, 0.4) is 0 Å². The molecule has 6 nitrogen and oxygen atoms in total. The van der Waals surface area contributed by atoms with Crippen molar-refractivity contribution in [1.82, 2.24) is 10.2 Å². The van der Waals surface area contributed by atoms with E-state index in [1.165, 1.54) is 7.11 Å². The number of amides is 2. The number of methoxy groups -OCH3 is 2. The highest BCUT2D eigenvalue weighted by molar-refractivity contribution is 9.10. The Hall–Kier alpha value is -2.54. The lowest BCUT2D eigenvalue weighted by atomic mass is 10.1. The van der Waals surface area contributed by atoms with Crippen LogP contribution >= 0.6 is 15.9 Å². The maximum atomic E-state index is 12.6. The second-order valence-electron chi connectivity index (χ2n) is 5.49. The van der Waals surface area contributed by atoms with Gasteiger partial charge in [-0.05, 0) is 34.1 Å². The van der Waals surface area contributed by atoms with Crippen molar-refractivity contribution in [1.29, 1.82) is 0 Å². The highest BCUT2D eigenvalue weighted by atomic mass is 79.9. The van der Waals surface area contributed by atoms with Crippen LogP contribution in [0, 0.1) is 0 Å². The molecule has 130 valence electrons. The summed E-state index contributed by atoms with van der Waals surface area (Å²) in [6, 6.07) is 10.5. The Morgan fingerprint density at radius 3 is 2.60 bits per heavy atom. The maximum absolute atomic E-state index is 12.6. The van der Waals surface area contributed by atoms with E-state index in [0.29, 0.717) is 33.6 Å². The molecule has 2 aromatic carbocycles. The summed E-state index contributed by atoms with van der Waals surface area (Å²) in [5.41, 5.74) is 1.91. The summed E-state index contributed by atoms with van der Waals surface area (Å²) in [6.07, 6.45) is 0. The fraction of sp³-hybridized carbons (Fsp3) is 0.222. The monoisotopic (exact) mass is 404 g/mol. The molecule has 2 aromatic rings. The van der Waals surface area contributed by atoms with Gasteiger partial charge in [0.1, 0.15) is 0 Å². The number of rotatable bonds is 5. The predicted octanol–water partition coefficient (Wildman–Crippen LogP) is 2.81. The van der Waals surface area contributed by atoms with E-state index in [1.807, 2.05) is 6.07 Å². The number of halogens is 1. The van der Waals surface area contributed by atoms with Gasteiger partial charge < -0.3 is 19.7 Å². The molecule has 0 saturated carbocycles. The number of hydrogen-bond acceptors (Lipinski definition) is 4. The maximum Gasteiger partial charge on any atom is 0.256 e. The summed E-state index contributed by atoms with van der Waals surface area (Å²) in [6.45, 7) is 0.502. The molecule has 0 spiro atoms. The Morgan fingerprint density at radius 2 is 1.96 bits per heavy atom. The average molecular weight is 405 g/mol. The lowest BCUT2D eigenvalue weighted by Gasteiger charge is -2.16. The first-order chi connectivity index (χ1) is 12.1. The first kappa shape index (κ1) is 17.3. The molecule has 0 fully saturated rings. The molecule has 0 atom stereocenters. The molecule has 7 heteroatoms. The molecule has 0 saturated heterocycles. The predicted molar refractivity (Wildman–Crippen MR) is 95.9 cm³/mol. The summed E-state index contributed by atoms with van der Waals surface area (Å²) in [7, 11) is 3.07. The zero-order valence-electron chi connectivity index (χ0n) is 13.8. The Bertz CT molecular complexity index is 824. The lowest BCUT2D eigenvalue weighted by Crippen LogP contribution is -2.37. The van der Waals surface area contributed by atoms with Crippen LogP contribution in [-0.2, 0) is 6.54 Å². The van der Waals surface area contributed by atoms with E-state index in [9.17, 15) is 9.59 Å². The standard InChI is InChI=1S/C18H17BrN2O4/c1-24-14-8-12-13(15(19)16(14)25-2)9-21(18(12)23)10-20-17(22)11-6-4-3-5-7-11/h3-8H,9-10H2,1-2H3,(H,20,22). The first-order valence-corrected chi connectivity index (χ1v) is 8.42. The summed E-state index contributed by atoms with van der Waals surface area (Å²) in [4.78, 5) is 26.3. The van der Waals surface area contributed by atoms with Crippen LogP contribution in [0.15, 0.2) is 40.9 Å². The van der Waals surface area contributed by atoms with Crippen LogP contribution in [0.25, 0.3) is 0 Å². The largest absolute Gasteiger partial charge is 0.493 e. The topological polar surface area (TPSA) is 67.9 Å². The molecular weight excluding hydrogens is 388 g/mol. The third-order valence-electron chi connectivity index (χ3n) is 4.05. The molecule has 3 rings (SSSR count). The molecule has 1 N–H and O–H groups in total. The number of nitrogens with zero attached hydrogens (tertiary/aromatic N) is 1. The Balaban J connectivity index is 1.77. The van der Waals surface area contributed by atoms with Gasteiger partial charge in [0.2, 0.25) is 0 Å². The molecule has 0 unspecified atom stereocenters. The lowest BCUT2D eigenvalue weighted by molar-refractivity contribution is 0.0746. The van der Waals surface area contributed by atoms with Crippen LogP contribution < -0.4 is 14.8 Å². The Labute approximate surface area is 153 Å². The smallest absolute Gasteiger partial charge is 0.256 e. The summed E-state index contributed by atoms with van der Waals surface area (Å²) in [5, 5.41) is 2.77. The van der Waals surface area contributed by atoms with Crippen molar-refractivity contribution < 1.29 is 19.1 Å². The summed E-state index contributed by atoms with van der Waals surface area (Å²) in [5.74, 6) is 0.643. The van der Waals surface area contributed by atoms with E-state index in [4.69, 9.17) is 9.47 Å². The second-order valence-corrected chi connectivity index (χ2v) is 6.28. The van der Waals surface area contributed by atoms with Crippen molar-refractivity contribution in [3.63, 3.8) is 0 Å². The minimum absolute atomic E-state index is 0.123. The Morgan fingerprint density at radius 1 is 1.24 bits per heavy atom. The van der Waals surface area contributed by atoms with E-state index in [2.05, 4.69) is 21.2 Å². The molecule has 25 heavy (non-hydrogen) atoms. The first-order valence-electron chi connectivity index (χ1n) is 7.62. The van der Waals surface area contributed by atoms with Gasteiger partial charge in [-0.25, -0.2) is 0 Å². The minimum Gasteiger partial charge on any atom is -0.493 e. The van der Waals surface area contributed by atoms with Gasteiger partial charge in [-0.1, -0.05) is 18.2 Å². The third-order valence-corrected chi connectivity index (χ3v) is 4.88. The number of hydrogen-bond donors (Lipinski definition) is 1. The number of carbonyl (C=O) groups is 2. The van der Waals surface area contributed by atoms with Crippen LogP contribution in [-0.4, -0.2) is 37.6 Å². The van der Waals surface area contributed by atoms with Crippen molar-refractivity contribution in [2.24, 2.45) is 0 Å². The van der Waals surface area contributed by atoms with Crippen LogP contribution in [0.5, 0.6) is 11.5 Å². The SMILES string of the molecule is COc1cc2c(c(Br)c1OC)CN(CNC(=O)c1ccccc1)C2=O. The van der Waals surface area contributed by atoms with Gasteiger partial charge >= 0.3 is 0 Å². The molecule has 1 aliphatic heterocycles. The number of ether oxygens (including phenoxy) is 2. The van der Waals surface area contributed by atoms with Gasteiger partial charge in [0.25, 0.3) is 11.8 Å². The number of nitrogens with one attached hydrogen (secondary N) is 1. The number of benzene rings is 2. The van der Waals surface area contributed by atoms with Crippen molar-refractivity contribution in [2.45, 2.75) is 6.54 Å². The van der Waals surface area contributed by atoms with E-state index in [1.54, 1.807) is 42.3 Å². The van der Waals surface area contributed by atoms with Gasteiger partial charge in [-0.2, -0.15) is 0 Å². The summed E-state index contributed by atoms with van der Waals surface area (Å²) >= 11 is 3.48. The van der Waals surface area contributed by atoms with E-state index < -0.39 is 0 Å². The van der Waals surface area contributed by atoms with Crippen molar-refractivity contribution in [3.05, 3.63) is 57.6 Å². The van der Waals surface area contributed by atoms with Gasteiger partial charge in [0.15, 0.2) is 11.5 Å². The number of fused-ring (bicyclic) bond motifs is 1. The molecular formula is C18H17BrN2O4. The van der Waals surface area contributed by atoms with Crippen LogP contribution in [0.1, 0.15) is 26.3 Å². The van der Waals surface area contributed by atoms with Crippen molar-refractivity contribution in [3.8, 4) is 11.5 Å². The van der Waals surface area contributed by atoms with E-state index in [0.717, 1.165) is 5.56 Å². The molecule has 1 heterocycles. The minimum atomic E-state index is -0.224. The zero-order valence-corrected chi connectivity index (χ0v) is 15.4. The second kappa shape index (κ2) is 7.14. The van der Waals surface area contributed by atoms with Gasteiger partial charge in [-0.15, -0.1) is 0 Å². The van der Waals surface area contributed by atoms with E-state index >= 15 is 0 Å². The van der Waals surface area contributed by atoms with Crippen LogP contribution in [0.2, 0.25) is 0 Å². The van der Waals surface area contributed by atoms with Crippen LogP contribution in [0.4, 0.5) is 0 Å². The van der Waals surface area contributed by atoms with E-state index in [-0.39, 0.29) is 18.5 Å². The fourth-order valence-electron chi connectivity index (χ4n) is 2.75. The zero-order chi connectivity index (χ0) is 18.0. The molecule has 0 aromatic heterocycles. The molecule has 0 aliphatic carbocycles. The van der Waals surface area contributed by atoms with Crippen molar-refractivity contribution in [2.75, 3.05) is 20.9 Å². The quantitative estimate of drug-likeness (QED) is 0.831. The summed E-state index contributed by atoms with van der Waals surface area (Å²) < 4.78 is 11.3. The van der Waals surface area contributed by atoms with Gasteiger partial charge in [0.05, 0.1) is 25.4 Å². The fourth-order valence-corrected chi connectivity index (χ4v) is 3.45. The highest BCUT2D eigenvalue weighted by Crippen LogP contribution is 2.42. The Kier molecular flexibility index (Phi) is 4.94.